The third-order valence-electron chi connectivity index (χ3n) is 2.47. The molecule has 0 fully saturated rings. The van der Waals surface area contributed by atoms with Crippen molar-refractivity contribution in [2.45, 2.75) is 26.8 Å². The molecule has 0 radical (unpaired) electrons. The number of aromatic hydroxyl groups is 1. The Morgan fingerprint density at radius 3 is 2.83 bits per heavy atom. The summed E-state index contributed by atoms with van der Waals surface area (Å²) >= 11 is 0. The quantitative estimate of drug-likeness (QED) is 0.771. The fourth-order valence-electron chi connectivity index (χ4n) is 1.58. The molecular weight excluding hydrogens is 232 g/mol. The summed E-state index contributed by atoms with van der Waals surface area (Å²) in [6.07, 6.45) is 0.660. The van der Waals surface area contributed by atoms with Gasteiger partial charge >= 0.3 is 0 Å². The number of rotatable bonds is 5. The van der Waals surface area contributed by atoms with Crippen LogP contribution in [0.1, 0.15) is 23.1 Å². The van der Waals surface area contributed by atoms with Crippen LogP contribution in [-0.2, 0) is 13.0 Å². The maximum absolute atomic E-state index is 9.61. The summed E-state index contributed by atoms with van der Waals surface area (Å²) < 4.78 is 4.99. The van der Waals surface area contributed by atoms with Crippen LogP contribution in [0.5, 0.6) is 5.75 Å². The van der Waals surface area contributed by atoms with Gasteiger partial charge in [-0.05, 0) is 26.0 Å². The summed E-state index contributed by atoms with van der Waals surface area (Å²) in [6.45, 7) is 4.89. The Bertz CT molecular complexity index is 525. The molecular formula is C12H16N4O2. The lowest BCUT2D eigenvalue weighted by molar-refractivity contribution is 0.372. The standard InChI is InChI=1S/C12H16N4O2/c1-8-3-4-11(17)10(14-8)7-13-6-5-12-15-9(2)16-18-12/h3-4,13,17H,5-7H2,1-2H3. The van der Waals surface area contributed by atoms with Crippen molar-refractivity contribution in [3.63, 3.8) is 0 Å². The molecule has 2 N–H and O–H groups in total. The minimum Gasteiger partial charge on any atom is -0.506 e. The second-order valence-electron chi connectivity index (χ2n) is 4.08. The van der Waals surface area contributed by atoms with Crippen molar-refractivity contribution in [1.82, 2.24) is 20.4 Å². The molecule has 6 nitrogen and oxygen atoms in total. The minimum atomic E-state index is 0.210. The minimum absolute atomic E-state index is 0.210. The van der Waals surface area contributed by atoms with Crippen molar-refractivity contribution < 1.29 is 9.63 Å². The summed E-state index contributed by atoms with van der Waals surface area (Å²) in [5.74, 6) is 1.46. The van der Waals surface area contributed by atoms with Gasteiger partial charge in [0.2, 0.25) is 5.89 Å². The molecule has 2 aromatic rings. The van der Waals surface area contributed by atoms with Gasteiger partial charge in [-0.3, -0.25) is 4.98 Å². The molecule has 0 aliphatic rings. The molecule has 2 heterocycles. The smallest absolute Gasteiger partial charge is 0.227 e. The van der Waals surface area contributed by atoms with Crippen LogP contribution in [-0.4, -0.2) is 26.8 Å². The highest BCUT2D eigenvalue weighted by Gasteiger charge is 2.04. The molecule has 2 aromatic heterocycles. The van der Waals surface area contributed by atoms with Gasteiger partial charge in [0.1, 0.15) is 5.75 Å². The summed E-state index contributed by atoms with van der Waals surface area (Å²) in [4.78, 5) is 8.36. The van der Waals surface area contributed by atoms with Gasteiger partial charge in [0.15, 0.2) is 5.82 Å². The lowest BCUT2D eigenvalue weighted by atomic mass is 10.3. The number of aryl methyl sites for hydroxylation is 2. The van der Waals surface area contributed by atoms with E-state index in [-0.39, 0.29) is 5.75 Å². The molecule has 0 aromatic carbocycles. The van der Waals surface area contributed by atoms with E-state index in [1.807, 2.05) is 6.92 Å². The van der Waals surface area contributed by atoms with Crippen molar-refractivity contribution >= 4 is 0 Å². The van der Waals surface area contributed by atoms with Gasteiger partial charge in [-0.15, -0.1) is 0 Å². The van der Waals surface area contributed by atoms with E-state index in [0.29, 0.717) is 36.9 Å². The lowest BCUT2D eigenvalue weighted by Gasteiger charge is -2.05. The zero-order valence-electron chi connectivity index (χ0n) is 10.5. The van der Waals surface area contributed by atoms with Gasteiger partial charge in [0.05, 0.1) is 5.69 Å². The van der Waals surface area contributed by atoms with Crippen LogP contribution < -0.4 is 5.32 Å². The predicted molar refractivity (Wildman–Crippen MR) is 65.1 cm³/mol. The van der Waals surface area contributed by atoms with Gasteiger partial charge in [-0.25, -0.2) is 0 Å². The Balaban J connectivity index is 1.80. The lowest BCUT2D eigenvalue weighted by Crippen LogP contribution is -2.17. The van der Waals surface area contributed by atoms with Crippen LogP contribution in [0.2, 0.25) is 0 Å². The first kappa shape index (κ1) is 12.5. The van der Waals surface area contributed by atoms with Crippen LogP contribution >= 0.6 is 0 Å². The third kappa shape index (κ3) is 3.27. The Labute approximate surface area is 105 Å². The molecule has 0 bridgehead atoms. The Hall–Kier alpha value is -1.95. The average molecular weight is 248 g/mol. The maximum atomic E-state index is 9.61. The van der Waals surface area contributed by atoms with E-state index in [2.05, 4.69) is 20.4 Å². The molecule has 0 unspecified atom stereocenters. The number of pyridine rings is 1. The highest BCUT2D eigenvalue weighted by Crippen LogP contribution is 2.13. The molecule has 18 heavy (non-hydrogen) atoms. The van der Waals surface area contributed by atoms with E-state index in [9.17, 15) is 5.11 Å². The van der Waals surface area contributed by atoms with E-state index in [4.69, 9.17) is 4.52 Å². The number of hydrogen-bond acceptors (Lipinski definition) is 6. The van der Waals surface area contributed by atoms with Crippen LogP contribution in [0.15, 0.2) is 16.7 Å². The number of nitrogens with one attached hydrogen (secondary N) is 1. The van der Waals surface area contributed by atoms with Crippen molar-refractivity contribution in [1.29, 1.82) is 0 Å². The largest absolute Gasteiger partial charge is 0.506 e. The predicted octanol–water partition coefficient (Wildman–Crippen LogP) is 1.12. The van der Waals surface area contributed by atoms with Crippen molar-refractivity contribution in [3.05, 3.63) is 35.2 Å². The third-order valence-corrected chi connectivity index (χ3v) is 2.47. The highest BCUT2D eigenvalue weighted by atomic mass is 16.5. The number of aromatic nitrogens is 3. The molecule has 96 valence electrons. The van der Waals surface area contributed by atoms with E-state index in [1.165, 1.54) is 0 Å². The van der Waals surface area contributed by atoms with E-state index in [0.717, 1.165) is 5.69 Å². The van der Waals surface area contributed by atoms with Crippen LogP contribution in [0.25, 0.3) is 0 Å². The van der Waals surface area contributed by atoms with Gasteiger partial charge in [0.25, 0.3) is 0 Å². The van der Waals surface area contributed by atoms with Gasteiger partial charge in [0, 0.05) is 25.2 Å². The molecule has 0 atom stereocenters. The fraction of sp³-hybridized carbons (Fsp3) is 0.417. The van der Waals surface area contributed by atoms with Crippen LogP contribution in [0, 0.1) is 13.8 Å². The molecule has 0 saturated heterocycles. The van der Waals surface area contributed by atoms with Crippen molar-refractivity contribution in [2.24, 2.45) is 0 Å². The first-order valence-corrected chi connectivity index (χ1v) is 5.80. The van der Waals surface area contributed by atoms with Crippen LogP contribution in [0.3, 0.4) is 0 Å². The van der Waals surface area contributed by atoms with Gasteiger partial charge < -0.3 is 14.9 Å². The Kier molecular flexibility index (Phi) is 3.88. The molecule has 0 saturated carbocycles. The zero-order chi connectivity index (χ0) is 13.0. The maximum Gasteiger partial charge on any atom is 0.227 e. The van der Waals surface area contributed by atoms with Gasteiger partial charge in [-0.2, -0.15) is 4.98 Å². The monoisotopic (exact) mass is 248 g/mol. The zero-order valence-corrected chi connectivity index (χ0v) is 10.5. The van der Waals surface area contributed by atoms with E-state index in [1.54, 1.807) is 19.1 Å². The van der Waals surface area contributed by atoms with Gasteiger partial charge in [-0.1, -0.05) is 5.16 Å². The summed E-state index contributed by atoms with van der Waals surface area (Å²) in [7, 11) is 0. The van der Waals surface area contributed by atoms with E-state index < -0.39 is 0 Å². The molecule has 0 amide bonds. The molecule has 6 heteroatoms. The fourth-order valence-corrected chi connectivity index (χ4v) is 1.58. The first-order valence-electron chi connectivity index (χ1n) is 5.80. The molecule has 0 aliphatic carbocycles. The first-order chi connectivity index (χ1) is 8.65. The molecule has 0 aliphatic heterocycles. The molecule has 0 spiro atoms. The second kappa shape index (κ2) is 5.59. The van der Waals surface area contributed by atoms with Crippen molar-refractivity contribution in [3.8, 4) is 5.75 Å². The highest BCUT2D eigenvalue weighted by molar-refractivity contribution is 5.27. The summed E-state index contributed by atoms with van der Waals surface area (Å²) in [5.41, 5.74) is 1.54. The Morgan fingerprint density at radius 1 is 1.28 bits per heavy atom. The molecule has 2 rings (SSSR count). The average Bonchev–Trinajstić information content (AvgIpc) is 2.75. The summed E-state index contributed by atoms with van der Waals surface area (Å²) in [5, 5.41) is 16.5. The van der Waals surface area contributed by atoms with E-state index >= 15 is 0 Å². The Morgan fingerprint density at radius 2 is 2.11 bits per heavy atom. The SMILES string of the molecule is Cc1ccc(O)c(CNCCc2nc(C)no2)n1. The number of hydrogen-bond donors (Lipinski definition) is 2. The number of nitrogens with zero attached hydrogens (tertiary/aromatic N) is 3. The topological polar surface area (TPSA) is 84.1 Å². The normalized spacial score (nSPS) is 10.8. The van der Waals surface area contributed by atoms with Crippen LogP contribution in [0.4, 0.5) is 0 Å². The second-order valence-corrected chi connectivity index (χ2v) is 4.08. The van der Waals surface area contributed by atoms with Crippen molar-refractivity contribution in [2.75, 3.05) is 6.54 Å². The summed E-state index contributed by atoms with van der Waals surface area (Å²) in [6, 6.07) is 3.43.